The van der Waals surface area contributed by atoms with Crippen LogP contribution in [0.1, 0.15) is 32.9 Å². The van der Waals surface area contributed by atoms with Crippen LogP contribution in [0.5, 0.6) is 0 Å². The van der Waals surface area contributed by atoms with Crippen LogP contribution in [-0.4, -0.2) is 21.7 Å². The Kier molecular flexibility index (Phi) is 4.75. The van der Waals surface area contributed by atoms with Gasteiger partial charge in [0, 0.05) is 40.6 Å². The third kappa shape index (κ3) is 3.50. The van der Waals surface area contributed by atoms with Gasteiger partial charge >= 0.3 is 0 Å². The van der Waals surface area contributed by atoms with E-state index in [9.17, 15) is 4.79 Å². The normalized spacial score (nSPS) is 11.0. The maximum absolute atomic E-state index is 12.0. The summed E-state index contributed by atoms with van der Waals surface area (Å²) >= 11 is 0. The molecule has 1 aromatic carbocycles. The topological polar surface area (TPSA) is 59.3 Å². The van der Waals surface area contributed by atoms with Gasteiger partial charge in [-0.2, -0.15) is 5.10 Å². The SMILES string of the molecule is Cc1ccccc1-n1c(C)cc(C=NNC(=O)c2ccncc2)c1C. The number of para-hydroxylation sites is 1. The highest BCUT2D eigenvalue weighted by atomic mass is 16.2. The Morgan fingerprint density at radius 2 is 1.84 bits per heavy atom. The average Bonchev–Trinajstić information content (AvgIpc) is 2.90. The molecule has 0 saturated carbocycles. The zero-order valence-electron chi connectivity index (χ0n) is 14.5. The Morgan fingerprint density at radius 1 is 1.12 bits per heavy atom. The zero-order valence-corrected chi connectivity index (χ0v) is 14.5. The van der Waals surface area contributed by atoms with Crippen LogP contribution in [0, 0.1) is 20.8 Å². The highest BCUT2D eigenvalue weighted by molar-refractivity contribution is 5.94. The van der Waals surface area contributed by atoms with Gasteiger partial charge in [0.05, 0.1) is 6.21 Å². The maximum atomic E-state index is 12.0. The number of rotatable bonds is 4. The van der Waals surface area contributed by atoms with Gasteiger partial charge in [0.25, 0.3) is 5.91 Å². The van der Waals surface area contributed by atoms with Crippen LogP contribution >= 0.6 is 0 Å². The number of benzene rings is 1. The predicted octanol–water partition coefficient (Wildman–Crippen LogP) is 3.56. The van der Waals surface area contributed by atoms with E-state index in [-0.39, 0.29) is 5.91 Å². The lowest BCUT2D eigenvalue weighted by Gasteiger charge is -2.12. The molecule has 5 nitrogen and oxygen atoms in total. The standard InChI is InChI=1S/C20H20N4O/c1-14-6-4-5-7-19(14)24-15(2)12-18(16(24)3)13-22-23-20(25)17-8-10-21-11-9-17/h4-13H,1-3H3,(H,23,25). The third-order valence-corrected chi connectivity index (χ3v) is 4.14. The maximum Gasteiger partial charge on any atom is 0.271 e. The van der Waals surface area contributed by atoms with Gasteiger partial charge in [-0.3, -0.25) is 9.78 Å². The molecule has 0 radical (unpaired) electrons. The van der Waals surface area contributed by atoms with Crippen molar-refractivity contribution in [2.75, 3.05) is 0 Å². The van der Waals surface area contributed by atoms with E-state index in [1.165, 1.54) is 5.56 Å². The first-order valence-electron chi connectivity index (χ1n) is 8.06. The van der Waals surface area contributed by atoms with E-state index in [4.69, 9.17) is 0 Å². The van der Waals surface area contributed by atoms with Gasteiger partial charge in [-0.15, -0.1) is 0 Å². The largest absolute Gasteiger partial charge is 0.318 e. The molecule has 0 saturated heterocycles. The van der Waals surface area contributed by atoms with Crippen LogP contribution in [0.2, 0.25) is 0 Å². The minimum absolute atomic E-state index is 0.258. The fourth-order valence-electron chi connectivity index (χ4n) is 2.83. The minimum Gasteiger partial charge on any atom is -0.318 e. The van der Waals surface area contributed by atoms with E-state index in [1.54, 1.807) is 30.7 Å². The number of hydrogen-bond acceptors (Lipinski definition) is 3. The van der Waals surface area contributed by atoms with Crippen LogP contribution in [0.3, 0.4) is 0 Å². The smallest absolute Gasteiger partial charge is 0.271 e. The average molecular weight is 332 g/mol. The molecule has 0 fully saturated rings. The number of nitrogens with one attached hydrogen (secondary N) is 1. The van der Waals surface area contributed by atoms with Gasteiger partial charge < -0.3 is 4.57 Å². The first-order valence-corrected chi connectivity index (χ1v) is 8.06. The summed E-state index contributed by atoms with van der Waals surface area (Å²) in [7, 11) is 0. The number of pyridine rings is 1. The van der Waals surface area contributed by atoms with Crippen LogP contribution in [0.15, 0.2) is 60.0 Å². The van der Waals surface area contributed by atoms with E-state index >= 15 is 0 Å². The van der Waals surface area contributed by atoms with E-state index < -0.39 is 0 Å². The van der Waals surface area contributed by atoms with Gasteiger partial charge in [-0.25, -0.2) is 5.43 Å². The van der Waals surface area contributed by atoms with Crippen molar-refractivity contribution in [2.24, 2.45) is 5.10 Å². The molecule has 0 aliphatic rings. The van der Waals surface area contributed by atoms with E-state index in [1.807, 2.05) is 19.1 Å². The van der Waals surface area contributed by atoms with Gasteiger partial charge in [-0.05, 0) is 50.6 Å². The molecule has 0 aliphatic heterocycles. The second kappa shape index (κ2) is 7.13. The molecular weight excluding hydrogens is 312 g/mol. The molecule has 0 unspecified atom stereocenters. The van der Waals surface area contributed by atoms with Crippen molar-refractivity contribution in [2.45, 2.75) is 20.8 Å². The van der Waals surface area contributed by atoms with Gasteiger partial charge in [0.15, 0.2) is 0 Å². The van der Waals surface area contributed by atoms with Crippen molar-refractivity contribution in [3.63, 3.8) is 0 Å². The highest BCUT2D eigenvalue weighted by Crippen LogP contribution is 2.22. The molecular formula is C20H20N4O. The Labute approximate surface area is 147 Å². The molecule has 3 aromatic rings. The minimum atomic E-state index is -0.258. The van der Waals surface area contributed by atoms with Gasteiger partial charge in [0.1, 0.15) is 0 Å². The lowest BCUT2D eigenvalue weighted by molar-refractivity contribution is 0.0955. The van der Waals surface area contributed by atoms with Crippen LogP contribution in [0.25, 0.3) is 5.69 Å². The first-order chi connectivity index (χ1) is 12.1. The summed E-state index contributed by atoms with van der Waals surface area (Å²) in [4.78, 5) is 15.9. The monoisotopic (exact) mass is 332 g/mol. The number of aromatic nitrogens is 2. The second-order valence-electron chi connectivity index (χ2n) is 5.88. The lowest BCUT2D eigenvalue weighted by atomic mass is 10.2. The summed E-state index contributed by atoms with van der Waals surface area (Å²) < 4.78 is 2.20. The summed E-state index contributed by atoms with van der Waals surface area (Å²) in [6, 6.07) is 13.6. The summed E-state index contributed by atoms with van der Waals surface area (Å²) in [6.07, 6.45) is 4.83. The van der Waals surface area contributed by atoms with Crippen LogP contribution in [0.4, 0.5) is 0 Å². The fraction of sp³-hybridized carbons (Fsp3) is 0.150. The van der Waals surface area contributed by atoms with Crippen molar-refractivity contribution in [1.29, 1.82) is 0 Å². The van der Waals surface area contributed by atoms with Gasteiger partial charge in [0.2, 0.25) is 0 Å². The molecule has 0 atom stereocenters. The number of aryl methyl sites for hydroxylation is 2. The number of carbonyl (C=O) groups excluding carboxylic acids is 1. The molecule has 1 N–H and O–H groups in total. The van der Waals surface area contributed by atoms with Gasteiger partial charge in [-0.1, -0.05) is 18.2 Å². The van der Waals surface area contributed by atoms with Crippen molar-refractivity contribution in [1.82, 2.24) is 15.0 Å². The Balaban J connectivity index is 1.82. The quantitative estimate of drug-likeness (QED) is 0.586. The molecule has 1 amide bonds. The predicted molar refractivity (Wildman–Crippen MR) is 99.3 cm³/mol. The summed E-state index contributed by atoms with van der Waals surface area (Å²) in [5, 5.41) is 4.09. The molecule has 5 heteroatoms. The van der Waals surface area contributed by atoms with Crippen LogP contribution in [-0.2, 0) is 0 Å². The Morgan fingerprint density at radius 3 is 2.56 bits per heavy atom. The Bertz CT molecular complexity index is 926. The summed E-state index contributed by atoms with van der Waals surface area (Å²) in [5.74, 6) is -0.258. The fourth-order valence-corrected chi connectivity index (χ4v) is 2.83. The van der Waals surface area contributed by atoms with E-state index in [0.29, 0.717) is 5.56 Å². The Hall–Kier alpha value is -3.21. The third-order valence-electron chi connectivity index (χ3n) is 4.14. The van der Waals surface area contributed by atoms with E-state index in [0.717, 1.165) is 22.6 Å². The molecule has 3 rings (SSSR count). The van der Waals surface area contributed by atoms with Crippen molar-refractivity contribution in [3.8, 4) is 5.69 Å². The highest BCUT2D eigenvalue weighted by Gasteiger charge is 2.11. The second-order valence-corrected chi connectivity index (χ2v) is 5.88. The van der Waals surface area contributed by atoms with E-state index in [2.05, 4.69) is 52.1 Å². The first kappa shape index (κ1) is 16.6. The van der Waals surface area contributed by atoms with Crippen molar-refractivity contribution >= 4 is 12.1 Å². The zero-order chi connectivity index (χ0) is 17.8. The van der Waals surface area contributed by atoms with Crippen LogP contribution < -0.4 is 5.43 Å². The van der Waals surface area contributed by atoms with Crippen molar-refractivity contribution < 1.29 is 4.79 Å². The lowest BCUT2D eigenvalue weighted by Crippen LogP contribution is -2.17. The number of nitrogens with zero attached hydrogens (tertiary/aromatic N) is 3. The molecule has 25 heavy (non-hydrogen) atoms. The number of hydrogen-bond donors (Lipinski definition) is 1. The van der Waals surface area contributed by atoms with Crippen molar-refractivity contribution in [3.05, 3.63) is 82.9 Å². The summed E-state index contributed by atoms with van der Waals surface area (Å²) in [5.41, 5.74) is 8.60. The molecule has 0 aliphatic carbocycles. The molecule has 2 heterocycles. The molecule has 126 valence electrons. The number of hydrazone groups is 1. The molecule has 0 bridgehead atoms. The number of carbonyl (C=O) groups is 1. The summed E-state index contributed by atoms with van der Waals surface area (Å²) in [6.45, 7) is 6.20. The number of amides is 1. The molecule has 2 aromatic heterocycles. The molecule has 0 spiro atoms.